The molecule has 0 bridgehead atoms. The lowest BCUT2D eigenvalue weighted by Gasteiger charge is -2.36. The Labute approximate surface area is 230 Å². The molecule has 1 saturated carbocycles. The van der Waals surface area contributed by atoms with E-state index in [1.807, 2.05) is 15.9 Å². The van der Waals surface area contributed by atoms with Crippen LogP contribution in [0, 0.1) is 20.8 Å². The van der Waals surface area contributed by atoms with Gasteiger partial charge in [-0.25, -0.2) is 14.3 Å². The van der Waals surface area contributed by atoms with Crippen LogP contribution in [0.15, 0.2) is 36.8 Å². The van der Waals surface area contributed by atoms with E-state index in [-0.39, 0.29) is 23.1 Å². The maximum Gasteiger partial charge on any atom is 0.336 e. The highest BCUT2D eigenvalue weighted by molar-refractivity contribution is 7.19. The molecule has 0 radical (unpaired) electrons. The first kappa shape index (κ1) is 25.3. The zero-order chi connectivity index (χ0) is 27.6. The average molecular weight is 542 g/mol. The van der Waals surface area contributed by atoms with E-state index >= 15 is 0 Å². The summed E-state index contributed by atoms with van der Waals surface area (Å²) in [6.07, 6.45) is 5.36. The largest absolute Gasteiger partial charge is 0.478 e. The van der Waals surface area contributed by atoms with Crippen molar-refractivity contribution in [1.29, 1.82) is 0 Å². The molecule has 1 aliphatic carbocycles. The minimum atomic E-state index is -1.09. The highest BCUT2D eigenvalue weighted by Gasteiger charge is 2.35. The number of benzene rings is 1. The quantitative estimate of drug-likeness (QED) is 0.231. The lowest BCUT2D eigenvalue weighted by molar-refractivity contribution is 0.0689. The Hall–Kier alpha value is -3.98. The lowest BCUT2D eigenvalue weighted by Crippen LogP contribution is -2.43. The summed E-state index contributed by atoms with van der Waals surface area (Å²) in [5.74, 6) is -0.727. The molecule has 0 aliphatic heterocycles. The number of carboxylic acids is 1. The molecule has 0 saturated heterocycles. The van der Waals surface area contributed by atoms with Crippen LogP contribution >= 0.6 is 11.3 Å². The normalized spacial score (nSPS) is 17.2. The topological polar surface area (TPSA) is 112 Å². The molecule has 4 aromatic heterocycles. The van der Waals surface area contributed by atoms with Crippen molar-refractivity contribution in [2.24, 2.45) is 0 Å². The van der Waals surface area contributed by atoms with Crippen molar-refractivity contribution in [2.45, 2.75) is 65.3 Å². The van der Waals surface area contributed by atoms with Crippen molar-refractivity contribution < 1.29 is 14.7 Å². The first-order chi connectivity index (χ1) is 18.7. The summed E-state index contributed by atoms with van der Waals surface area (Å²) in [5, 5.41) is 18.2. The molecule has 1 fully saturated rings. The summed E-state index contributed by atoms with van der Waals surface area (Å²) in [4.78, 5) is 35.0. The van der Waals surface area contributed by atoms with Crippen LogP contribution in [0.4, 0.5) is 0 Å². The highest BCUT2D eigenvalue weighted by Crippen LogP contribution is 2.48. The number of aromatic amines is 1. The second-order valence-electron chi connectivity index (χ2n) is 10.9. The van der Waals surface area contributed by atoms with Gasteiger partial charge in [0.1, 0.15) is 11.2 Å². The molecular weight excluding hydrogens is 510 g/mol. The van der Waals surface area contributed by atoms with Gasteiger partial charge in [0.15, 0.2) is 5.65 Å². The molecule has 200 valence electrons. The molecular formula is C30H31N5O3S. The number of carboxylic acid groups (broad SMARTS) is 1. The van der Waals surface area contributed by atoms with Crippen molar-refractivity contribution in [1.82, 2.24) is 24.9 Å². The number of fused-ring (bicyclic) bond motifs is 2. The second-order valence-corrected chi connectivity index (χ2v) is 11.9. The number of H-pyrrole nitrogens is 1. The number of aromatic carboxylic acids is 1. The van der Waals surface area contributed by atoms with E-state index in [0.717, 1.165) is 35.3 Å². The van der Waals surface area contributed by atoms with Crippen molar-refractivity contribution in [2.75, 3.05) is 0 Å². The van der Waals surface area contributed by atoms with Gasteiger partial charge < -0.3 is 15.4 Å². The Morgan fingerprint density at radius 2 is 1.82 bits per heavy atom. The number of hydrogen-bond acceptors (Lipinski definition) is 5. The smallest absolute Gasteiger partial charge is 0.336 e. The number of aryl methyl sites for hydroxylation is 2. The number of nitrogens with zero attached hydrogens (tertiary/aromatic N) is 3. The first-order valence-electron chi connectivity index (χ1n) is 13.2. The number of carbonyl (C=O) groups excluding carboxylic acids is 1. The summed E-state index contributed by atoms with van der Waals surface area (Å²) in [6, 6.07) is 6.38. The molecule has 1 aliphatic rings. The maximum atomic E-state index is 12.8. The van der Waals surface area contributed by atoms with E-state index in [1.165, 1.54) is 37.9 Å². The summed E-state index contributed by atoms with van der Waals surface area (Å²) in [5.41, 5.74) is 8.37. The van der Waals surface area contributed by atoms with Crippen LogP contribution in [0.2, 0.25) is 0 Å². The van der Waals surface area contributed by atoms with Gasteiger partial charge in [-0.1, -0.05) is 26.0 Å². The molecule has 3 N–H and O–H groups in total. The maximum absolute atomic E-state index is 12.8. The third-order valence-corrected chi connectivity index (χ3v) is 9.55. The number of pyridine rings is 1. The third kappa shape index (κ3) is 4.03. The molecule has 39 heavy (non-hydrogen) atoms. The predicted molar refractivity (Wildman–Crippen MR) is 153 cm³/mol. The van der Waals surface area contributed by atoms with E-state index < -0.39 is 5.97 Å². The first-order valence-corrected chi connectivity index (χ1v) is 14.0. The predicted octanol–water partition coefficient (Wildman–Crippen LogP) is 6.36. The van der Waals surface area contributed by atoms with Crippen molar-refractivity contribution in [3.05, 3.63) is 75.0 Å². The fraction of sp³-hybridized carbons (Fsp3) is 0.333. The van der Waals surface area contributed by atoms with Crippen LogP contribution in [0.3, 0.4) is 0 Å². The van der Waals surface area contributed by atoms with E-state index in [0.29, 0.717) is 11.8 Å². The summed E-state index contributed by atoms with van der Waals surface area (Å²) in [7, 11) is 0. The highest BCUT2D eigenvalue weighted by atomic mass is 32.1. The van der Waals surface area contributed by atoms with Gasteiger partial charge in [0, 0.05) is 28.1 Å². The van der Waals surface area contributed by atoms with Crippen molar-refractivity contribution >= 4 is 39.1 Å². The van der Waals surface area contributed by atoms with Crippen LogP contribution in [0.5, 0.6) is 0 Å². The van der Waals surface area contributed by atoms with Crippen LogP contribution in [-0.4, -0.2) is 42.6 Å². The Bertz CT molecular complexity index is 1770. The van der Waals surface area contributed by atoms with Crippen LogP contribution < -0.4 is 5.32 Å². The molecule has 4 heterocycles. The summed E-state index contributed by atoms with van der Waals surface area (Å²) >= 11 is 1.81. The van der Waals surface area contributed by atoms with E-state index in [4.69, 9.17) is 0 Å². The number of hydrogen-bond donors (Lipinski definition) is 3. The van der Waals surface area contributed by atoms with Crippen LogP contribution in [0.1, 0.15) is 86.4 Å². The van der Waals surface area contributed by atoms with E-state index in [9.17, 15) is 14.7 Å². The zero-order valence-electron chi connectivity index (χ0n) is 22.6. The van der Waals surface area contributed by atoms with Crippen molar-refractivity contribution in [3.63, 3.8) is 0 Å². The van der Waals surface area contributed by atoms with Gasteiger partial charge in [0.25, 0.3) is 5.91 Å². The van der Waals surface area contributed by atoms with Gasteiger partial charge in [-0.2, -0.15) is 5.10 Å². The Morgan fingerprint density at radius 1 is 1.10 bits per heavy atom. The summed E-state index contributed by atoms with van der Waals surface area (Å²) in [6.45, 7) is 10.9. The van der Waals surface area contributed by atoms with Crippen molar-refractivity contribution in [3.8, 4) is 11.3 Å². The molecule has 5 aromatic rings. The molecule has 0 spiro atoms. The lowest BCUT2D eigenvalue weighted by atomic mass is 9.77. The molecule has 8 nitrogen and oxygen atoms in total. The van der Waals surface area contributed by atoms with E-state index in [1.54, 1.807) is 24.5 Å². The number of aromatic nitrogens is 4. The molecule has 1 amide bonds. The van der Waals surface area contributed by atoms with Crippen LogP contribution in [0.25, 0.3) is 27.1 Å². The molecule has 0 atom stereocenters. The van der Waals surface area contributed by atoms with Crippen LogP contribution in [-0.2, 0) is 0 Å². The van der Waals surface area contributed by atoms with E-state index in [2.05, 4.69) is 61.2 Å². The average Bonchev–Trinajstić information content (AvgIpc) is 3.58. The Kier molecular flexibility index (Phi) is 6.06. The minimum Gasteiger partial charge on any atom is -0.478 e. The standard InChI is InChI=1S/C30H31N5O3S/c1-14(2)23-24-17(5)26(18-10-19(11-18)33-28(36)20-8-6-7-9-21(20)30(37)38)39-29(24)34-25(23)22-12-35-27(31-13-32-35)16(4)15(22)3/h6-9,12-14,18-19,34H,10-11H2,1-5H3,(H,33,36)(H,37,38). The monoisotopic (exact) mass is 541 g/mol. The fourth-order valence-corrected chi connectivity index (χ4v) is 7.32. The zero-order valence-corrected chi connectivity index (χ0v) is 23.4. The van der Waals surface area contributed by atoms with Gasteiger partial charge in [0.2, 0.25) is 0 Å². The Morgan fingerprint density at radius 3 is 2.51 bits per heavy atom. The summed E-state index contributed by atoms with van der Waals surface area (Å²) < 4.78 is 1.85. The number of amides is 1. The number of thiophene rings is 1. The van der Waals surface area contributed by atoms with Gasteiger partial charge in [-0.3, -0.25) is 4.79 Å². The number of carbonyl (C=O) groups is 2. The molecule has 1 aromatic carbocycles. The minimum absolute atomic E-state index is 0.0275. The third-order valence-electron chi connectivity index (χ3n) is 8.18. The molecule has 9 heteroatoms. The Balaban J connectivity index is 1.28. The van der Waals surface area contributed by atoms with Gasteiger partial charge in [-0.05, 0) is 79.8 Å². The number of nitrogens with one attached hydrogen (secondary N) is 2. The van der Waals surface area contributed by atoms with Gasteiger partial charge >= 0.3 is 5.97 Å². The SMILES string of the molecule is Cc1c(-c2[nH]c3sc(C4CC(NC(=O)c5ccccc5C(=O)O)C4)c(C)c3c2C(C)C)cn2ncnc2c1C. The number of rotatable bonds is 6. The fourth-order valence-electron chi connectivity index (χ4n) is 5.96. The second kappa shape index (κ2) is 9.34. The van der Waals surface area contributed by atoms with Gasteiger partial charge in [0.05, 0.1) is 16.8 Å². The van der Waals surface area contributed by atoms with Gasteiger partial charge in [-0.15, -0.1) is 11.3 Å². The molecule has 0 unspecified atom stereocenters. The molecule has 6 rings (SSSR count).